The van der Waals surface area contributed by atoms with Crippen molar-refractivity contribution in [2.24, 2.45) is 5.73 Å². The van der Waals surface area contributed by atoms with E-state index in [0.717, 1.165) is 32.9 Å². The van der Waals surface area contributed by atoms with Gasteiger partial charge in [-0.1, -0.05) is 53.8 Å². The third-order valence-electron chi connectivity index (χ3n) is 4.17. The van der Waals surface area contributed by atoms with Gasteiger partial charge in [0.1, 0.15) is 5.01 Å². The normalized spacial score (nSPS) is 12.2. The number of nitrogens with zero attached hydrogens (tertiary/aromatic N) is 3. The van der Waals surface area contributed by atoms with Crippen LogP contribution in [0, 0.1) is 0 Å². The Kier molecular flexibility index (Phi) is 4.86. The highest BCUT2D eigenvalue weighted by Gasteiger charge is 2.09. The molecule has 26 heavy (non-hydrogen) atoms. The standard InChI is InChI=1S/C20H19N5S/c21-18(10-14-4-2-1-3-5-14)13-23-20-25-24-19(26-20)16-6-7-17-12-22-9-8-15(17)11-16/h1-9,11-12,18H,10,13,21H2,(H,23,25)/t18-/m0/s1. The van der Waals surface area contributed by atoms with Crippen LogP contribution in [-0.4, -0.2) is 27.8 Å². The second-order valence-electron chi connectivity index (χ2n) is 6.18. The summed E-state index contributed by atoms with van der Waals surface area (Å²) < 4.78 is 0. The first-order chi connectivity index (χ1) is 12.8. The van der Waals surface area contributed by atoms with Crippen molar-refractivity contribution in [3.05, 3.63) is 72.6 Å². The smallest absolute Gasteiger partial charge is 0.206 e. The van der Waals surface area contributed by atoms with Crippen LogP contribution in [0.15, 0.2) is 67.0 Å². The van der Waals surface area contributed by atoms with Crippen LogP contribution in [0.25, 0.3) is 21.3 Å². The van der Waals surface area contributed by atoms with Gasteiger partial charge in [-0.25, -0.2) is 0 Å². The highest BCUT2D eigenvalue weighted by atomic mass is 32.1. The van der Waals surface area contributed by atoms with E-state index in [2.05, 4.69) is 50.8 Å². The molecule has 2 heterocycles. The molecule has 0 radical (unpaired) electrons. The van der Waals surface area contributed by atoms with E-state index in [9.17, 15) is 0 Å². The maximum Gasteiger partial charge on any atom is 0.206 e. The summed E-state index contributed by atoms with van der Waals surface area (Å²) in [5.74, 6) is 0. The maximum atomic E-state index is 6.22. The summed E-state index contributed by atoms with van der Waals surface area (Å²) in [6.45, 7) is 0.660. The Bertz CT molecular complexity index is 999. The molecular weight excluding hydrogens is 342 g/mol. The molecule has 2 aromatic heterocycles. The van der Waals surface area contributed by atoms with Crippen molar-refractivity contribution in [2.45, 2.75) is 12.5 Å². The summed E-state index contributed by atoms with van der Waals surface area (Å²) in [6.07, 6.45) is 4.49. The molecule has 0 aliphatic rings. The van der Waals surface area contributed by atoms with Gasteiger partial charge < -0.3 is 11.1 Å². The number of anilines is 1. The fraction of sp³-hybridized carbons (Fsp3) is 0.150. The monoisotopic (exact) mass is 361 g/mol. The van der Waals surface area contributed by atoms with E-state index < -0.39 is 0 Å². The second kappa shape index (κ2) is 7.59. The topological polar surface area (TPSA) is 76.7 Å². The first-order valence-corrected chi connectivity index (χ1v) is 9.30. The molecule has 0 spiro atoms. The largest absolute Gasteiger partial charge is 0.359 e. The van der Waals surface area contributed by atoms with Crippen molar-refractivity contribution in [2.75, 3.05) is 11.9 Å². The number of aromatic nitrogens is 3. The molecule has 4 rings (SSSR count). The van der Waals surface area contributed by atoms with Crippen LogP contribution in [0.5, 0.6) is 0 Å². The van der Waals surface area contributed by atoms with Crippen LogP contribution in [0.4, 0.5) is 5.13 Å². The Morgan fingerprint density at radius 3 is 2.77 bits per heavy atom. The molecule has 0 aliphatic heterocycles. The summed E-state index contributed by atoms with van der Waals surface area (Å²) in [5, 5.41) is 15.8. The third kappa shape index (κ3) is 3.87. The quantitative estimate of drug-likeness (QED) is 0.547. The van der Waals surface area contributed by atoms with E-state index in [4.69, 9.17) is 5.73 Å². The fourth-order valence-electron chi connectivity index (χ4n) is 2.84. The molecule has 0 saturated heterocycles. The van der Waals surface area contributed by atoms with Crippen molar-refractivity contribution in [1.82, 2.24) is 15.2 Å². The number of benzene rings is 2. The zero-order valence-corrected chi connectivity index (χ0v) is 15.0. The lowest BCUT2D eigenvalue weighted by Crippen LogP contribution is -2.31. The van der Waals surface area contributed by atoms with Gasteiger partial charge >= 0.3 is 0 Å². The van der Waals surface area contributed by atoms with Crippen LogP contribution in [0.2, 0.25) is 0 Å². The molecule has 1 atom stereocenters. The zero-order chi connectivity index (χ0) is 17.8. The lowest BCUT2D eigenvalue weighted by molar-refractivity contribution is 0.698. The molecule has 0 amide bonds. The Morgan fingerprint density at radius 2 is 1.88 bits per heavy atom. The van der Waals surface area contributed by atoms with Crippen molar-refractivity contribution in [3.63, 3.8) is 0 Å². The molecule has 6 heteroatoms. The molecule has 4 aromatic rings. The lowest BCUT2D eigenvalue weighted by Gasteiger charge is -2.11. The highest BCUT2D eigenvalue weighted by Crippen LogP contribution is 2.28. The number of pyridine rings is 1. The van der Waals surface area contributed by atoms with Crippen LogP contribution < -0.4 is 11.1 Å². The number of fused-ring (bicyclic) bond motifs is 1. The van der Waals surface area contributed by atoms with E-state index in [1.807, 2.05) is 30.5 Å². The number of rotatable bonds is 6. The predicted molar refractivity (Wildman–Crippen MR) is 107 cm³/mol. The minimum Gasteiger partial charge on any atom is -0.359 e. The summed E-state index contributed by atoms with van der Waals surface area (Å²) >= 11 is 1.54. The maximum absolute atomic E-state index is 6.22. The summed E-state index contributed by atoms with van der Waals surface area (Å²) in [4.78, 5) is 4.14. The molecule has 3 N–H and O–H groups in total. The van der Waals surface area contributed by atoms with Crippen LogP contribution in [-0.2, 0) is 6.42 Å². The van der Waals surface area contributed by atoms with Gasteiger partial charge in [-0.15, -0.1) is 10.2 Å². The molecule has 0 saturated carbocycles. The van der Waals surface area contributed by atoms with E-state index in [1.54, 1.807) is 6.20 Å². The fourth-order valence-corrected chi connectivity index (χ4v) is 3.58. The molecule has 0 bridgehead atoms. The molecule has 5 nitrogen and oxygen atoms in total. The molecule has 130 valence electrons. The van der Waals surface area contributed by atoms with Gasteiger partial charge in [0.2, 0.25) is 5.13 Å². The van der Waals surface area contributed by atoms with Crippen molar-refractivity contribution >= 4 is 27.2 Å². The summed E-state index contributed by atoms with van der Waals surface area (Å²) in [6, 6.07) is 18.5. The Labute approximate surface area is 155 Å². The third-order valence-corrected chi connectivity index (χ3v) is 5.10. The van der Waals surface area contributed by atoms with Crippen LogP contribution >= 0.6 is 11.3 Å². The molecule has 0 unspecified atom stereocenters. The number of nitrogens with one attached hydrogen (secondary N) is 1. The van der Waals surface area contributed by atoms with Crippen molar-refractivity contribution in [1.29, 1.82) is 0 Å². The lowest BCUT2D eigenvalue weighted by atomic mass is 10.1. The van der Waals surface area contributed by atoms with Gasteiger partial charge in [-0.2, -0.15) is 0 Å². The number of hydrogen-bond donors (Lipinski definition) is 2. The van der Waals surface area contributed by atoms with Gasteiger partial charge in [-0.05, 0) is 29.5 Å². The van der Waals surface area contributed by atoms with E-state index in [0.29, 0.717) is 6.54 Å². The Hall–Kier alpha value is -2.83. The average molecular weight is 361 g/mol. The molecule has 0 fully saturated rings. The van der Waals surface area contributed by atoms with Gasteiger partial charge in [0, 0.05) is 35.9 Å². The number of hydrogen-bond acceptors (Lipinski definition) is 6. The molecular formula is C20H19N5S. The molecule has 0 aliphatic carbocycles. The second-order valence-corrected chi connectivity index (χ2v) is 7.16. The van der Waals surface area contributed by atoms with E-state index in [-0.39, 0.29) is 6.04 Å². The van der Waals surface area contributed by atoms with E-state index >= 15 is 0 Å². The Balaban J connectivity index is 1.41. The highest BCUT2D eigenvalue weighted by molar-refractivity contribution is 7.18. The van der Waals surface area contributed by atoms with Crippen LogP contribution in [0.1, 0.15) is 5.56 Å². The Morgan fingerprint density at radius 1 is 1.00 bits per heavy atom. The van der Waals surface area contributed by atoms with Crippen LogP contribution in [0.3, 0.4) is 0 Å². The van der Waals surface area contributed by atoms with Crippen molar-refractivity contribution < 1.29 is 0 Å². The first kappa shape index (κ1) is 16.6. The zero-order valence-electron chi connectivity index (χ0n) is 14.2. The number of nitrogens with two attached hydrogens (primary N) is 1. The van der Waals surface area contributed by atoms with Gasteiger partial charge in [0.15, 0.2) is 0 Å². The summed E-state index contributed by atoms with van der Waals surface area (Å²) in [7, 11) is 0. The minimum atomic E-state index is 0.0259. The first-order valence-electron chi connectivity index (χ1n) is 8.49. The van der Waals surface area contributed by atoms with Crippen molar-refractivity contribution in [3.8, 4) is 10.6 Å². The minimum absolute atomic E-state index is 0.0259. The van der Waals surface area contributed by atoms with E-state index in [1.165, 1.54) is 16.9 Å². The predicted octanol–water partition coefficient (Wildman–Crippen LogP) is 3.74. The van der Waals surface area contributed by atoms with Gasteiger partial charge in [0.05, 0.1) is 0 Å². The SMILES string of the molecule is N[C@H](CNc1nnc(-c2ccc3cnccc3c2)s1)Cc1ccccc1. The summed E-state index contributed by atoms with van der Waals surface area (Å²) in [5.41, 5.74) is 8.52. The molecule has 2 aromatic carbocycles. The van der Waals surface area contributed by atoms with Gasteiger partial charge in [-0.3, -0.25) is 4.98 Å². The van der Waals surface area contributed by atoms with Gasteiger partial charge in [0.25, 0.3) is 0 Å². The average Bonchev–Trinajstić information content (AvgIpc) is 3.16.